The van der Waals surface area contributed by atoms with Gasteiger partial charge < -0.3 is 5.32 Å². The minimum Gasteiger partial charge on any atom is -0.356 e. The molecule has 2 nitrogen and oxygen atoms in total. The molecule has 0 aromatic rings. The van der Waals surface area contributed by atoms with E-state index in [9.17, 15) is 4.79 Å². The average Bonchev–Trinajstić information content (AvgIpc) is 3.14. The largest absolute Gasteiger partial charge is 0.356 e. The number of carbonyl (C=O) groups excluding carboxylic acids is 1. The van der Waals surface area contributed by atoms with E-state index in [0.717, 1.165) is 49.0 Å². The lowest BCUT2D eigenvalue weighted by Crippen LogP contribution is -2.33. The zero-order valence-electron chi connectivity index (χ0n) is 9.11. The first-order valence-electron chi connectivity index (χ1n) is 6.60. The molecule has 5 unspecified atom stereocenters. The van der Waals surface area contributed by atoms with E-state index in [2.05, 4.69) is 5.32 Å². The van der Waals surface area contributed by atoms with Gasteiger partial charge in [0.05, 0.1) is 0 Å². The molecule has 4 aliphatic carbocycles. The van der Waals surface area contributed by atoms with Crippen LogP contribution in [0.2, 0.25) is 0 Å². The summed E-state index contributed by atoms with van der Waals surface area (Å²) in [5.41, 5.74) is 0. The van der Waals surface area contributed by atoms with Crippen LogP contribution in [0.1, 0.15) is 32.1 Å². The molecule has 15 heavy (non-hydrogen) atoms. The molecule has 0 aromatic heterocycles. The molecule has 4 aliphatic rings. The Hall–Kier alpha value is -0.530. The molecule has 4 rings (SSSR count). The van der Waals surface area contributed by atoms with E-state index in [0.29, 0.717) is 11.8 Å². The maximum Gasteiger partial charge on any atom is 0.223 e. The topological polar surface area (TPSA) is 29.1 Å². The highest BCUT2D eigenvalue weighted by Gasteiger charge is 2.60. The SMILES string of the molecule is O=C(NCC1CC2CC1C1CC21)C1CC1. The van der Waals surface area contributed by atoms with Crippen LogP contribution >= 0.6 is 0 Å². The zero-order valence-corrected chi connectivity index (χ0v) is 9.11. The van der Waals surface area contributed by atoms with Gasteiger partial charge in [0.1, 0.15) is 0 Å². The summed E-state index contributed by atoms with van der Waals surface area (Å²) >= 11 is 0. The number of carbonyl (C=O) groups is 1. The van der Waals surface area contributed by atoms with Crippen LogP contribution in [0.15, 0.2) is 0 Å². The van der Waals surface area contributed by atoms with E-state index in [1.807, 2.05) is 0 Å². The van der Waals surface area contributed by atoms with Crippen molar-refractivity contribution >= 4 is 5.91 Å². The predicted molar refractivity (Wildman–Crippen MR) is 57.0 cm³/mol. The van der Waals surface area contributed by atoms with Gasteiger partial charge in [0.25, 0.3) is 0 Å². The lowest BCUT2D eigenvalue weighted by Gasteiger charge is -2.21. The summed E-state index contributed by atoms with van der Waals surface area (Å²) in [7, 11) is 0. The summed E-state index contributed by atoms with van der Waals surface area (Å²) in [5, 5.41) is 3.17. The first-order valence-corrected chi connectivity index (χ1v) is 6.60. The fraction of sp³-hybridized carbons (Fsp3) is 0.923. The fourth-order valence-corrected chi connectivity index (χ4v) is 4.30. The number of hydrogen-bond acceptors (Lipinski definition) is 1. The molecule has 0 aromatic carbocycles. The van der Waals surface area contributed by atoms with Crippen LogP contribution in [0.4, 0.5) is 0 Å². The Morgan fingerprint density at radius 3 is 2.60 bits per heavy atom. The molecule has 0 saturated heterocycles. The van der Waals surface area contributed by atoms with Crippen LogP contribution in [-0.4, -0.2) is 12.5 Å². The summed E-state index contributed by atoms with van der Waals surface area (Å²) < 4.78 is 0. The smallest absolute Gasteiger partial charge is 0.223 e. The molecule has 2 bridgehead atoms. The van der Waals surface area contributed by atoms with Gasteiger partial charge in [0.15, 0.2) is 0 Å². The minimum atomic E-state index is 0.338. The van der Waals surface area contributed by atoms with Crippen molar-refractivity contribution in [1.82, 2.24) is 5.32 Å². The second-order valence-electron chi connectivity index (χ2n) is 6.24. The van der Waals surface area contributed by atoms with Crippen LogP contribution in [0, 0.1) is 35.5 Å². The van der Waals surface area contributed by atoms with E-state index >= 15 is 0 Å². The molecular formula is C13H19NO. The summed E-state index contributed by atoms with van der Waals surface area (Å²) in [6, 6.07) is 0. The van der Waals surface area contributed by atoms with E-state index in [1.54, 1.807) is 0 Å². The van der Waals surface area contributed by atoms with Gasteiger partial charge in [-0.1, -0.05) is 0 Å². The van der Waals surface area contributed by atoms with Crippen molar-refractivity contribution in [3.8, 4) is 0 Å². The molecular weight excluding hydrogens is 186 g/mol. The van der Waals surface area contributed by atoms with E-state index in [-0.39, 0.29) is 0 Å². The fourth-order valence-electron chi connectivity index (χ4n) is 4.30. The van der Waals surface area contributed by atoms with Gasteiger partial charge in [-0.2, -0.15) is 0 Å². The molecule has 1 amide bonds. The van der Waals surface area contributed by atoms with Crippen LogP contribution < -0.4 is 5.32 Å². The minimum absolute atomic E-state index is 0.338. The van der Waals surface area contributed by atoms with Crippen LogP contribution in [0.3, 0.4) is 0 Å². The van der Waals surface area contributed by atoms with Gasteiger partial charge in [0, 0.05) is 12.5 Å². The normalized spacial score (nSPS) is 50.3. The monoisotopic (exact) mass is 205 g/mol. The molecule has 0 heterocycles. The second-order valence-corrected chi connectivity index (χ2v) is 6.24. The van der Waals surface area contributed by atoms with Crippen molar-refractivity contribution in [2.24, 2.45) is 35.5 Å². The van der Waals surface area contributed by atoms with Gasteiger partial charge in [-0.3, -0.25) is 4.79 Å². The first kappa shape index (κ1) is 8.60. The summed E-state index contributed by atoms with van der Waals surface area (Å²) in [6.07, 6.45) is 6.68. The molecule has 0 radical (unpaired) electrons. The van der Waals surface area contributed by atoms with Gasteiger partial charge in [-0.15, -0.1) is 0 Å². The Bertz CT molecular complexity index is 310. The lowest BCUT2D eigenvalue weighted by molar-refractivity contribution is -0.122. The number of nitrogens with one attached hydrogen (secondary N) is 1. The Balaban J connectivity index is 1.33. The van der Waals surface area contributed by atoms with Crippen molar-refractivity contribution in [3.05, 3.63) is 0 Å². The van der Waals surface area contributed by atoms with Crippen molar-refractivity contribution in [2.45, 2.75) is 32.1 Å². The van der Waals surface area contributed by atoms with Gasteiger partial charge in [0.2, 0.25) is 5.91 Å². The standard InChI is InChI=1S/C13H19NO/c15-13(7-1-2-7)14-6-9-3-8-4-10(9)12-5-11(8)12/h7-12H,1-6H2,(H,14,15). The number of hydrogen-bond donors (Lipinski definition) is 1. The van der Waals surface area contributed by atoms with Crippen molar-refractivity contribution in [3.63, 3.8) is 0 Å². The first-order chi connectivity index (χ1) is 7.33. The third kappa shape index (κ3) is 1.26. The summed E-state index contributed by atoms with van der Waals surface area (Å²) in [4.78, 5) is 11.5. The highest BCUT2D eigenvalue weighted by molar-refractivity contribution is 5.80. The third-order valence-corrected chi connectivity index (χ3v) is 5.32. The molecule has 4 fully saturated rings. The molecule has 82 valence electrons. The lowest BCUT2D eigenvalue weighted by atomic mass is 9.88. The number of fused-ring (bicyclic) bond motifs is 5. The summed E-state index contributed by atoms with van der Waals surface area (Å²) in [5.74, 6) is 5.78. The quantitative estimate of drug-likeness (QED) is 0.748. The third-order valence-electron chi connectivity index (χ3n) is 5.32. The van der Waals surface area contributed by atoms with Gasteiger partial charge >= 0.3 is 0 Å². The Morgan fingerprint density at radius 1 is 1.07 bits per heavy atom. The van der Waals surface area contributed by atoms with Crippen LogP contribution in [-0.2, 0) is 4.79 Å². The van der Waals surface area contributed by atoms with Crippen molar-refractivity contribution < 1.29 is 4.79 Å². The Labute approximate surface area is 90.8 Å². The van der Waals surface area contributed by atoms with Crippen molar-refractivity contribution in [1.29, 1.82) is 0 Å². The highest BCUT2D eigenvalue weighted by Crippen LogP contribution is 2.67. The molecule has 2 heteroatoms. The van der Waals surface area contributed by atoms with Gasteiger partial charge in [-0.05, 0) is 61.7 Å². The molecule has 5 atom stereocenters. The zero-order chi connectivity index (χ0) is 9.99. The maximum atomic E-state index is 11.5. The number of rotatable bonds is 3. The van der Waals surface area contributed by atoms with E-state index < -0.39 is 0 Å². The molecule has 1 N–H and O–H groups in total. The molecule has 0 spiro atoms. The Morgan fingerprint density at radius 2 is 1.93 bits per heavy atom. The second kappa shape index (κ2) is 2.78. The highest BCUT2D eigenvalue weighted by atomic mass is 16.2. The van der Waals surface area contributed by atoms with Crippen molar-refractivity contribution in [2.75, 3.05) is 6.54 Å². The summed E-state index contributed by atoms with van der Waals surface area (Å²) in [6.45, 7) is 0.986. The van der Waals surface area contributed by atoms with E-state index in [4.69, 9.17) is 0 Å². The van der Waals surface area contributed by atoms with Gasteiger partial charge in [-0.25, -0.2) is 0 Å². The molecule has 0 aliphatic heterocycles. The Kier molecular flexibility index (Phi) is 1.59. The molecule has 4 saturated carbocycles. The van der Waals surface area contributed by atoms with Crippen LogP contribution in [0.5, 0.6) is 0 Å². The van der Waals surface area contributed by atoms with Crippen LogP contribution in [0.25, 0.3) is 0 Å². The predicted octanol–water partition coefficient (Wildman–Crippen LogP) is 1.80. The maximum absolute atomic E-state index is 11.5. The van der Waals surface area contributed by atoms with E-state index in [1.165, 1.54) is 19.3 Å². The average molecular weight is 205 g/mol. The number of amides is 1.